The fraction of sp³-hybridized carbons (Fsp3) is 0. The summed E-state index contributed by atoms with van der Waals surface area (Å²) in [6.07, 6.45) is -0.356. The van der Waals surface area contributed by atoms with Crippen molar-refractivity contribution in [1.82, 2.24) is 19.7 Å². The Bertz CT molecular complexity index is 600. The molecule has 66 valence electrons. The lowest BCUT2D eigenvalue weighted by Crippen LogP contribution is -1.95. The molecular weight excluding hydrogens is 300 g/mol. The Hall–Kier alpha value is -0.750. The van der Waals surface area contributed by atoms with Crippen LogP contribution < -0.4 is 0 Å². The molecule has 13 heavy (non-hydrogen) atoms. The van der Waals surface area contributed by atoms with Gasteiger partial charge in [-0.1, -0.05) is 0 Å². The molecule has 0 amide bonds. The van der Waals surface area contributed by atoms with Gasteiger partial charge < -0.3 is 0 Å². The first-order valence-electron chi connectivity index (χ1n) is 5.14. The van der Waals surface area contributed by atoms with Crippen molar-refractivity contribution in [3.8, 4) is 5.82 Å². The van der Waals surface area contributed by atoms with Crippen LogP contribution in [0.3, 0.4) is 0 Å². The molecule has 2 aromatic heterocycles. The van der Waals surface area contributed by atoms with E-state index in [1.165, 1.54) is 0 Å². The molecule has 0 radical (unpaired) electrons. The Balaban J connectivity index is 2.73. The maximum atomic E-state index is 7.73. The molecule has 0 fully saturated rings. The third-order valence-corrected chi connectivity index (χ3v) is 1.89. The second-order valence-corrected chi connectivity index (χ2v) is 3.52. The summed E-state index contributed by atoms with van der Waals surface area (Å²) in [4.78, 5) is 3.71. The third-order valence-electron chi connectivity index (χ3n) is 1.17. The summed E-state index contributed by atoms with van der Waals surface area (Å²) in [5.41, 5.74) is 0. The van der Waals surface area contributed by atoms with Crippen LogP contribution in [0.4, 0.5) is 0 Å². The van der Waals surface area contributed by atoms with E-state index < -0.39 is 0 Å². The summed E-state index contributed by atoms with van der Waals surface area (Å²) >= 11 is 6.00. The summed E-state index contributed by atoms with van der Waals surface area (Å²) < 4.78 is 31.9. The van der Waals surface area contributed by atoms with Crippen LogP contribution in [0.15, 0.2) is 33.8 Å². The lowest BCUT2D eigenvalue weighted by Gasteiger charge is -1.97. The van der Waals surface area contributed by atoms with Crippen molar-refractivity contribution in [2.75, 3.05) is 0 Å². The molecule has 0 spiro atoms. The van der Waals surface area contributed by atoms with E-state index in [9.17, 15) is 0 Å². The molecule has 0 saturated carbocycles. The van der Waals surface area contributed by atoms with Gasteiger partial charge in [-0.2, -0.15) is 0 Å². The smallest absolute Gasteiger partial charge is 0.160 e. The normalized spacial score (nSPS) is 14.6. The maximum absolute atomic E-state index is 7.73. The highest BCUT2D eigenvalue weighted by molar-refractivity contribution is 9.10. The number of hydrogen-bond donors (Lipinski definition) is 0. The van der Waals surface area contributed by atoms with Gasteiger partial charge in [-0.3, -0.25) is 4.57 Å². The van der Waals surface area contributed by atoms with Gasteiger partial charge in [0, 0.05) is 6.17 Å². The van der Waals surface area contributed by atoms with Crippen molar-refractivity contribution in [3.63, 3.8) is 0 Å². The fourth-order valence-electron chi connectivity index (χ4n) is 0.686. The van der Waals surface area contributed by atoms with Crippen molar-refractivity contribution >= 4 is 31.9 Å². The summed E-state index contributed by atoms with van der Waals surface area (Å²) in [7, 11) is 0. The first kappa shape index (κ1) is 5.21. The van der Waals surface area contributed by atoms with E-state index in [1.54, 1.807) is 0 Å². The topological polar surface area (TPSA) is 43.6 Å². The molecule has 2 rings (SSSR count). The molecule has 0 aliphatic carbocycles. The second kappa shape index (κ2) is 3.55. The van der Waals surface area contributed by atoms with Crippen molar-refractivity contribution in [3.05, 3.63) is 33.8 Å². The number of rotatable bonds is 1. The van der Waals surface area contributed by atoms with Gasteiger partial charge in [0.25, 0.3) is 0 Å². The Kier molecular flexibility index (Phi) is 1.42. The molecule has 4 nitrogen and oxygen atoms in total. The quantitative estimate of drug-likeness (QED) is 0.811. The molecule has 0 aromatic carbocycles. The monoisotopic (exact) mass is 306 g/mol. The average Bonchev–Trinajstić information content (AvgIpc) is 2.52. The Labute approximate surface area is 96.9 Å². The Morgan fingerprint density at radius 2 is 2.08 bits per heavy atom. The molecule has 0 aliphatic rings. The molecule has 0 N–H and O–H groups in total. The van der Waals surface area contributed by atoms with Gasteiger partial charge in [-0.25, -0.2) is 4.98 Å². The molecule has 0 bridgehead atoms. The molecule has 0 atom stereocenters. The van der Waals surface area contributed by atoms with E-state index in [0.29, 0.717) is 0 Å². The fourth-order valence-corrected chi connectivity index (χ4v) is 1.12. The van der Waals surface area contributed by atoms with Gasteiger partial charge in [0.2, 0.25) is 0 Å². The number of halogens is 2. The minimum absolute atomic E-state index is 0.0635. The van der Waals surface area contributed by atoms with Crippen molar-refractivity contribution < 1.29 is 5.48 Å². The number of nitrogens with zero attached hydrogens (tertiary/aromatic N) is 4. The van der Waals surface area contributed by atoms with Crippen LogP contribution in [0.5, 0.6) is 0 Å². The number of hydrogen-bond acceptors (Lipinski definition) is 3. The van der Waals surface area contributed by atoms with Crippen LogP contribution in [0.2, 0.25) is 0 Å². The first-order chi connectivity index (χ1) is 7.93. The highest BCUT2D eigenvalue weighted by atomic mass is 79.9. The maximum Gasteiger partial charge on any atom is 0.160 e. The van der Waals surface area contributed by atoms with Crippen LogP contribution in [0.25, 0.3) is 5.82 Å². The molecule has 2 heterocycles. The van der Waals surface area contributed by atoms with Gasteiger partial charge in [0.1, 0.15) is 16.9 Å². The Morgan fingerprint density at radius 1 is 1.23 bits per heavy atom. The van der Waals surface area contributed by atoms with Gasteiger partial charge in [-0.05, 0) is 43.9 Å². The van der Waals surface area contributed by atoms with Gasteiger partial charge in [0.05, 0.1) is 4.11 Å². The molecule has 6 heteroatoms. The van der Waals surface area contributed by atoms with E-state index in [0.717, 1.165) is 4.57 Å². The number of imidazole rings is 1. The van der Waals surface area contributed by atoms with Crippen LogP contribution in [-0.4, -0.2) is 19.7 Å². The summed E-state index contributed by atoms with van der Waals surface area (Å²) in [5, 5.41) is 7.34. The van der Waals surface area contributed by atoms with Crippen LogP contribution in [0.1, 0.15) is 5.48 Å². The number of aromatic nitrogens is 4. The van der Waals surface area contributed by atoms with Crippen LogP contribution in [-0.2, 0) is 0 Å². The minimum Gasteiger partial charge on any atom is -0.288 e. The van der Waals surface area contributed by atoms with Crippen molar-refractivity contribution in [2.24, 2.45) is 0 Å². The highest BCUT2D eigenvalue weighted by Gasteiger charge is 1.99. The first-order valence-corrected chi connectivity index (χ1v) is 4.73. The predicted octanol–water partition coefficient (Wildman–Crippen LogP) is 2.19. The van der Waals surface area contributed by atoms with E-state index in [2.05, 4.69) is 47.0 Å². The van der Waals surface area contributed by atoms with E-state index in [1.807, 2.05) is 0 Å². The summed E-state index contributed by atoms with van der Waals surface area (Å²) in [6.45, 7) is 0. The van der Waals surface area contributed by atoms with E-state index >= 15 is 0 Å². The summed E-state index contributed by atoms with van der Waals surface area (Å²) in [6, 6.07) is -0.377. The lowest BCUT2D eigenvalue weighted by atomic mass is 10.5. The molecule has 0 aliphatic heterocycles. The van der Waals surface area contributed by atoms with E-state index in [-0.39, 0.29) is 39.6 Å². The van der Waals surface area contributed by atoms with Crippen molar-refractivity contribution in [2.45, 2.75) is 0 Å². The standard InChI is InChI=1S/C7H4Br2N4/c8-5-1-2-7(12-11-5)13-3-6(9)10-4-13/h1-4H/i1D,2D,3D,4D. The Morgan fingerprint density at radius 3 is 2.77 bits per heavy atom. The average molecular weight is 308 g/mol. The molecular formula is C7H4Br2N4. The van der Waals surface area contributed by atoms with Gasteiger partial charge >= 0.3 is 0 Å². The van der Waals surface area contributed by atoms with Gasteiger partial charge in [-0.15, -0.1) is 10.2 Å². The zero-order chi connectivity index (χ0) is 12.7. The molecule has 2 aromatic rings. The minimum atomic E-state index is -0.244. The summed E-state index contributed by atoms with van der Waals surface area (Å²) in [5.74, 6) is -0.0635. The van der Waals surface area contributed by atoms with E-state index in [4.69, 9.17) is 5.48 Å². The lowest BCUT2D eigenvalue weighted by molar-refractivity contribution is 0.900. The predicted molar refractivity (Wildman–Crippen MR) is 54.6 cm³/mol. The highest BCUT2D eigenvalue weighted by Crippen LogP contribution is 2.10. The molecule has 0 saturated heterocycles. The molecule has 0 unspecified atom stereocenters. The second-order valence-electron chi connectivity index (χ2n) is 2.01. The van der Waals surface area contributed by atoms with Crippen LogP contribution >= 0.6 is 31.9 Å². The van der Waals surface area contributed by atoms with Gasteiger partial charge in [0.15, 0.2) is 5.82 Å². The zero-order valence-electron chi connectivity index (χ0n) is 10.0. The van der Waals surface area contributed by atoms with Crippen molar-refractivity contribution in [1.29, 1.82) is 0 Å². The largest absolute Gasteiger partial charge is 0.288 e. The third kappa shape index (κ3) is 1.94. The SMILES string of the molecule is [2H]c1c(Br)nnc(-n2c([2H])nc(Br)c2[2H])c1[2H]. The zero-order valence-corrected chi connectivity index (χ0v) is 9.22. The van der Waals surface area contributed by atoms with Crippen LogP contribution in [0, 0.1) is 0 Å².